The zero-order valence-corrected chi connectivity index (χ0v) is 14.0. The summed E-state index contributed by atoms with van der Waals surface area (Å²) in [6.07, 6.45) is 9.20. The second-order valence-electron chi connectivity index (χ2n) is 7.46. The molecule has 4 fully saturated rings. The Kier molecular flexibility index (Phi) is 4.99. The van der Waals surface area contributed by atoms with Crippen molar-refractivity contribution in [3.63, 3.8) is 0 Å². The van der Waals surface area contributed by atoms with Gasteiger partial charge in [0.25, 0.3) is 0 Å². The molecule has 0 aromatic rings. The molecular weight excluding hydrogens is 266 g/mol. The molecule has 0 aliphatic heterocycles. The van der Waals surface area contributed by atoms with E-state index in [-0.39, 0.29) is 0 Å². The highest BCUT2D eigenvalue weighted by Crippen LogP contribution is 2.61. The van der Waals surface area contributed by atoms with E-state index < -0.39 is 0 Å². The van der Waals surface area contributed by atoms with E-state index in [0.717, 1.165) is 42.7 Å². The fraction of sp³-hybridized carbons (Fsp3) is 1.00. The third kappa shape index (κ3) is 3.05. The second kappa shape index (κ2) is 6.58. The smallest absolute Gasteiger partial charge is 0.0552 e. The van der Waals surface area contributed by atoms with Gasteiger partial charge in [-0.25, -0.2) is 0 Å². The van der Waals surface area contributed by atoms with Gasteiger partial charge in [0.1, 0.15) is 0 Å². The lowest BCUT2D eigenvalue weighted by Gasteiger charge is -2.59. The van der Waals surface area contributed by atoms with E-state index in [9.17, 15) is 0 Å². The van der Waals surface area contributed by atoms with E-state index in [1.54, 1.807) is 26.4 Å². The summed E-state index contributed by atoms with van der Waals surface area (Å²) in [5.41, 5.74) is 0.644. The standard InChI is InChI=1S/C17H31NOS/c1-3-18-16(12-20-5-4-19-2)17-9-13-6-14(10-17)8-15(7-13)11-17/h13-16,18H,3-12H2,1-2H3. The van der Waals surface area contributed by atoms with Gasteiger partial charge >= 0.3 is 0 Å². The largest absolute Gasteiger partial charge is 0.384 e. The van der Waals surface area contributed by atoms with Crippen LogP contribution in [0, 0.1) is 23.2 Å². The van der Waals surface area contributed by atoms with Gasteiger partial charge in [0.2, 0.25) is 0 Å². The van der Waals surface area contributed by atoms with Gasteiger partial charge in [-0.15, -0.1) is 0 Å². The molecule has 0 radical (unpaired) electrons. The SMILES string of the molecule is CCNC(CSCCOC)C12CC3CC(CC(C3)C1)C2. The third-order valence-electron chi connectivity index (χ3n) is 5.99. The van der Waals surface area contributed by atoms with Crippen LogP contribution in [0.2, 0.25) is 0 Å². The lowest BCUT2D eigenvalue weighted by molar-refractivity contribution is -0.0691. The van der Waals surface area contributed by atoms with Crippen LogP contribution < -0.4 is 5.32 Å². The summed E-state index contributed by atoms with van der Waals surface area (Å²) < 4.78 is 5.19. The average Bonchev–Trinajstić information content (AvgIpc) is 2.40. The molecule has 0 aromatic carbocycles. The van der Waals surface area contributed by atoms with Gasteiger partial charge in [0.05, 0.1) is 6.61 Å². The summed E-state index contributed by atoms with van der Waals surface area (Å²) in [6.45, 7) is 4.29. The maximum Gasteiger partial charge on any atom is 0.0552 e. The highest BCUT2D eigenvalue weighted by Gasteiger charge is 2.53. The first-order valence-corrected chi connectivity index (χ1v) is 9.71. The van der Waals surface area contributed by atoms with Gasteiger partial charge in [-0.1, -0.05) is 6.92 Å². The van der Waals surface area contributed by atoms with Crippen LogP contribution >= 0.6 is 11.8 Å². The lowest BCUT2D eigenvalue weighted by atomic mass is 9.48. The number of rotatable bonds is 8. The van der Waals surface area contributed by atoms with E-state index in [1.807, 2.05) is 0 Å². The third-order valence-corrected chi connectivity index (χ3v) is 7.02. The Morgan fingerprint density at radius 2 is 1.75 bits per heavy atom. The fourth-order valence-corrected chi connectivity index (χ4v) is 6.80. The van der Waals surface area contributed by atoms with Gasteiger partial charge in [-0.2, -0.15) is 11.8 Å². The van der Waals surface area contributed by atoms with Crippen LogP contribution in [-0.4, -0.2) is 37.8 Å². The highest BCUT2D eigenvalue weighted by molar-refractivity contribution is 7.99. The monoisotopic (exact) mass is 297 g/mol. The molecule has 4 saturated carbocycles. The van der Waals surface area contributed by atoms with Gasteiger partial charge in [0, 0.05) is 24.7 Å². The summed E-state index contributed by atoms with van der Waals surface area (Å²) in [5.74, 6) is 5.61. The summed E-state index contributed by atoms with van der Waals surface area (Å²) in [5, 5.41) is 3.85. The van der Waals surface area contributed by atoms with Crippen molar-refractivity contribution in [3.05, 3.63) is 0 Å². The van der Waals surface area contributed by atoms with E-state index in [1.165, 1.54) is 25.0 Å². The Labute approximate surface area is 128 Å². The highest BCUT2D eigenvalue weighted by atomic mass is 32.2. The molecule has 20 heavy (non-hydrogen) atoms. The average molecular weight is 298 g/mol. The van der Waals surface area contributed by atoms with E-state index in [0.29, 0.717) is 5.41 Å². The summed E-state index contributed by atoms with van der Waals surface area (Å²) in [7, 11) is 1.81. The van der Waals surface area contributed by atoms with Gasteiger partial charge in [-0.05, 0) is 68.2 Å². The Hall–Kier alpha value is 0.270. The number of hydrogen-bond acceptors (Lipinski definition) is 3. The second-order valence-corrected chi connectivity index (χ2v) is 8.61. The van der Waals surface area contributed by atoms with Crippen molar-refractivity contribution in [1.29, 1.82) is 0 Å². The molecule has 0 amide bonds. The Balaban J connectivity index is 1.63. The zero-order valence-electron chi connectivity index (χ0n) is 13.2. The Morgan fingerprint density at radius 3 is 2.25 bits per heavy atom. The van der Waals surface area contributed by atoms with Crippen molar-refractivity contribution >= 4 is 11.8 Å². The van der Waals surface area contributed by atoms with Crippen LogP contribution in [0.15, 0.2) is 0 Å². The number of ether oxygens (including phenoxy) is 1. The number of hydrogen-bond donors (Lipinski definition) is 1. The summed E-state index contributed by atoms with van der Waals surface area (Å²) in [4.78, 5) is 0. The predicted molar refractivity (Wildman–Crippen MR) is 87.3 cm³/mol. The summed E-state index contributed by atoms with van der Waals surface area (Å²) >= 11 is 2.09. The molecule has 116 valence electrons. The molecule has 4 bridgehead atoms. The molecule has 0 aromatic heterocycles. The molecule has 4 rings (SSSR count). The van der Waals surface area contributed by atoms with Gasteiger partial charge in [-0.3, -0.25) is 0 Å². The van der Waals surface area contributed by atoms with E-state index in [2.05, 4.69) is 24.0 Å². The lowest BCUT2D eigenvalue weighted by Crippen LogP contribution is -2.56. The maximum absolute atomic E-state index is 5.19. The molecule has 0 spiro atoms. The maximum atomic E-state index is 5.19. The molecule has 1 N–H and O–H groups in total. The van der Waals surface area contributed by atoms with E-state index >= 15 is 0 Å². The molecule has 2 nitrogen and oxygen atoms in total. The predicted octanol–water partition coefficient (Wildman–Crippen LogP) is 3.56. The van der Waals surface area contributed by atoms with Crippen molar-refractivity contribution in [3.8, 4) is 0 Å². The molecule has 1 atom stereocenters. The van der Waals surface area contributed by atoms with Crippen LogP contribution in [0.1, 0.15) is 45.4 Å². The number of thioether (sulfide) groups is 1. The molecule has 3 heteroatoms. The first-order valence-electron chi connectivity index (χ1n) is 8.56. The minimum atomic E-state index is 0.644. The van der Waals surface area contributed by atoms with Crippen LogP contribution in [0.25, 0.3) is 0 Å². The number of methoxy groups -OCH3 is 1. The minimum Gasteiger partial charge on any atom is -0.384 e. The Bertz CT molecular complexity index is 285. The fourth-order valence-electron chi connectivity index (χ4n) is 5.65. The molecule has 1 unspecified atom stereocenters. The summed E-state index contributed by atoms with van der Waals surface area (Å²) in [6, 6.07) is 0.739. The minimum absolute atomic E-state index is 0.644. The molecular formula is C17H31NOS. The van der Waals surface area contributed by atoms with E-state index in [4.69, 9.17) is 4.74 Å². The molecule has 4 aliphatic rings. The normalized spacial score (nSPS) is 40.2. The van der Waals surface area contributed by atoms with Gasteiger partial charge in [0.15, 0.2) is 0 Å². The first kappa shape index (κ1) is 15.2. The van der Waals surface area contributed by atoms with Crippen LogP contribution in [-0.2, 0) is 4.74 Å². The van der Waals surface area contributed by atoms with Crippen LogP contribution in [0.3, 0.4) is 0 Å². The first-order chi connectivity index (χ1) is 9.75. The van der Waals surface area contributed by atoms with Crippen LogP contribution in [0.4, 0.5) is 0 Å². The molecule has 4 aliphatic carbocycles. The van der Waals surface area contributed by atoms with Gasteiger partial charge < -0.3 is 10.1 Å². The van der Waals surface area contributed by atoms with Crippen LogP contribution in [0.5, 0.6) is 0 Å². The van der Waals surface area contributed by atoms with Crippen molar-refractivity contribution in [1.82, 2.24) is 5.32 Å². The van der Waals surface area contributed by atoms with Crippen molar-refractivity contribution in [2.45, 2.75) is 51.5 Å². The quantitative estimate of drug-likeness (QED) is 0.692. The van der Waals surface area contributed by atoms with Crippen molar-refractivity contribution < 1.29 is 4.74 Å². The topological polar surface area (TPSA) is 21.3 Å². The Morgan fingerprint density at radius 1 is 1.15 bits per heavy atom. The number of nitrogens with one attached hydrogen (secondary N) is 1. The van der Waals surface area contributed by atoms with Crippen molar-refractivity contribution in [2.75, 3.05) is 31.8 Å². The zero-order chi connectivity index (χ0) is 14.0. The molecule has 0 heterocycles. The molecule has 0 saturated heterocycles. The van der Waals surface area contributed by atoms with Crippen molar-refractivity contribution in [2.24, 2.45) is 23.2 Å².